The first-order valence-electron chi connectivity index (χ1n) is 8.69. The minimum atomic E-state index is -1.03. The van der Waals surface area contributed by atoms with Crippen molar-refractivity contribution in [2.24, 2.45) is 0 Å². The Morgan fingerprint density at radius 2 is 1.62 bits per heavy atom. The Kier molecular flexibility index (Phi) is 7.64. The van der Waals surface area contributed by atoms with Gasteiger partial charge in [-0.3, -0.25) is 20.4 Å². The highest BCUT2D eigenvalue weighted by Crippen LogP contribution is 2.39. The van der Waals surface area contributed by atoms with Gasteiger partial charge in [0.25, 0.3) is 5.91 Å². The summed E-state index contributed by atoms with van der Waals surface area (Å²) in [4.78, 5) is 24.3. The lowest BCUT2D eigenvalue weighted by Crippen LogP contribution is -2.47. The Bertz CT molecular complexity index is 874. The van der Waals surface area contributed by atoms with Gasteiger partial charge in [0.15, 0.2) is 29.2 Å². The maximum atomic E-state index is 13.6. The maximum absolute atomic E-state index is 13.6. The normalized spacial score (nSPS) is 11.2. The van der Waals surface area contributed by atoms with Crippen molar-refractivity contribution < 1.29 is 32.9 Å². The summed E-state index contributed by atoms with van der Waals surface area (Å²) in [5.41, 5.74) is 5.07. The summed E-state index contributed by atoms with van der Waals surface area (Å²) in [6.07, 6.45) is -1.12. The standard InChI is InChI=1S/C20H23FN2O6/c1-12(29-15-8-6-5-7-14(15)21)20(25)23-22-17(24)11-13-9-10-16(26-2)19(28-4)18(13)27-3/h5-10,12H,11H2,1-4H3,(H,22,24)(H,23,25)/t12-/m1/s1. The number of carbonyl (C=O) groups is 2. The molecule has 0 saturated carbocycles. The molecule has 2 rings (SSSR count). The van der Waals surface area contributed by atoms with E-state index in [9.17, 15) is 14.0 Å². The van der Waals surface area contributed by atoms with Gasteiger partial charge >= 0.3 is 0 Å². The van der Waals surface area contributed by atoms with Crippen LogP contribution in [-0.4, -0.2) is 39.2 Å². The van der Waals surface area contributed by atoms with Crippen LogP contribution >= 0.6 is 0 Å². The van der Waals surface area contributed by atoms with Crippen molar-refractivity contribution in [3.05, 3.63) is 47.8 Å². The molecule has 0 fully saturated rings. The number of benzene rings is 2. The third kappa shape index (κ3) is 5.50. The Labute approximate surface area is 167 Å². The minimum Gasteiger partial charge on any atom is -0.493 e. The zero-order chi connectivity index (χ0) is 21.4. The van der Waals surface area contributed by atoms with E-state index in [0.29, 0.717) is 22.8 Å². The van der Waals surface area contributed by atoms with Crippen LogP contribution in [0.5, 0.6) is 23.0 Å². The van der Waals surface area contributed by atoms with Gasteiger partial charge in [0.1, 0.15) is 0 Å². The third-order valence-electron chi connectivity index (χ3n) is 3.97. The lowest BCUT2D eigenvalue weighted by atomic mass is 10.1. The van der Waals surface area contributed by atoms with Crippen molar-refractivity contribution in [3.63, 3.8) is 0 Å². The summed E-state index contributed by atoms with van der Waals surface area (Å²) < 4.78 is 34.7. The molecule has 0 spiro atoms. The Balaban J connectivity index is 1.96. The SMILES string of the molecule is COc1ccc(CC(=O)NNC(=O)[C@@H](C)Oc2ccccc2F)c(OC)c1OC. The topological polar surface area (TPSA) is 95.1 Å². The first kappa shape index (κ1) is 21.8. The van der Waals surface area contributed by atoms with Gasteiger partial charge < -0.3 is 18.9 Å². The van der Waals surface area contributed by atoms with E-state index in [1.165, 1.54) is 46.5 Å². The van der Waals surface area contributed by atoms with Gasteiger partial charge in [0.2, 0.25) is 11.7 Å². The van der Waals surface area contributed by atoms with Gasteiger partial charge in [0.05, 0.1) is 27.8 Å². The molecule has 1 atom stereocenters. The first-order valence-corrected chi connectivity index (χ1v) is 8.69. The zero-order valence-corrected chi connectivity index (χ0v) is 16.6. The van der Waals surface area contributed by atoms with Crippen molar-refractivity contribution in [1.82, 2.24) is 10.9 Å². The fourth-order valence-electron chi connectivity index (χ4n) is 2.54. The van der Waals surface area contributed by atoms with Crippen LogP contribution < -0.4 is 29.8 Å². The van der Waals surface area contributed by atoms with Crippen LogP contribution in [0.2, 0.25) is 0 Å². The van der Waals surface area contributed by atoms with Crippen molar-refractivity contribution in [1.29, 1.82) is 0 Å². The summed E-state index contributed by atoms with van der Waals surface area (Å²) in [5, 5.41) is 0. The Morgan fingerprint density at radius 3 is 2.24 bits per heavy atom. The largest absolute Gasteiger partial charge is 0.493 e. The molecule has 29 heavy (non-hydrogen) atoms. The molecule has 2 aromatic carbocycles. The van der Waals surface area contributed by atoms with E-state index in [0.717, 1.165) is 0 Å². The van der Waals surface area contributed by atoms with Crippen LogP contribution in [0.3, 0.4) is 0 Å². The van der Waals surface area contributed by atoms with Crippen LogP contribution in [0, 0.1) is 5.82 Å². The molecule has 0 heterocycles. The van der Waals surface area contributed by atoms with E-state index in [2.05, 4.69) is 10.9 Å². The lowest BCUT2D eigenvalue weighted by Gasteiger charge is -2.17. The number of hydrogen-bond donors (Lipinski definition) is 2. The Hall–Kier alpha value is -3.49. The number of nitrogens with one attached hydrogen (secondary N) is 2. The molecule has 0 aliphatic rings. The predicted octanol–water partition coefficient (Wildman–Crippen LogP) is 2.01. The smallest absolute Gasteiger partial charge is 0.279 e. The molecule has 2 aromatic rings. The highest BCUT2D eigenvalue weighted by Gasteiger charge is 2.20. The van der Waals surface area contributed by atoms with Crippen LogP contribution in [0.25, 0.3) is 0 Å². The van der Waals surface area contributed by atoms with Crippen LogP contribution in [-0.2, 0) is 16.0 Å². The second-order valence-corrected chi connectivity index (χ2v) is 5.90. The fraction of sp³-hybridized carbons (Fsp3) is 0.300. The molecule has 0 saturated heterocycles. The van der Waals surface area contributed by atoms with Crippen molar-refractivity contribution >= 4 is 11.8 Å². The van der Waals surface area contributed by atoms with Crippen molar-refractivity contribution in [2.75, 3.05) is 21.3 Å². The zero-order valence-electron chi connectivity index (χ0n) is 16.6. The molecular formula is C20H23FN2O6. The summed E-state index contributed by atoms with van der Waals surface area (Å²) in [6.45, 7) is 1.44. The van der Waals surface area contributed by atoms with Crippen LogP contribution in [0.15, 0.2) is 36.4 Å². The minimum absolute atomic E-state index is 0.0588. The van der Waals surface area contributed by atoms with E-state index in [1.54, 1.807) is 18.2 Å². The number of hydrazine groups is 1. The van der Waals surface area contributed by atoms with E-state index < -0.39 is 23.7 Å². The van der Waals surface area contributed by atoms with E-state index >= 15 is 0 Å². The molecule has 0 aliphatic heterocycles. The monoisotopic (exact) mass is 406 g/mol. The molecule has 0 aliphatic carbocycles. The van der Waals surface area contributed by atoms with E-state index in [4.69, 9.17) is 18.9 Å². The summed E-state index contributed by atoms with van der Waals surface area (Å²) in [5.74, 6) is -0.613. The fourth-order valence-corrected chi connectivity index (χ4v) is 2.54. The molecular weight excluding hydrogens is 383 g/mol. The highest BCUT2D eigenvalue weighted by molar-refractivity contribution is 5.86. The second-order valence-electron chi connectivity index (χ2n) is 5.90. The van der Waals surface area contributed by atoms with E-state index in [1.807, 2.05) is 0 Å². The van der Waals surface area contributed by atoms with Gasteiger partial charge in [-0.2, -0.15) is 0 Å². The van der Waals surface area contributed by atoms with Crippen molar-refractivity contribution in [2.45, 2.75) is 19.4 Å². The number of carbonyl (C=O) groups excluding carboxylic acids is 2. The second kappa shape index (κ2) is 10.2. The average molecular weight is 406 g/mol. The van der Waals surface area contributed by atoms with E-state index in [-0.39, 0.29) is 12.2 Å². The molecule has 2 amide bonds. The van der Waals surface area contributed by atoms with Gasteiger partial charge in [-0.05, 0) is 25.1 Å². The number of ether oxygens (including phenoxy) is 4. The number of methoxy groups -OCH3 is 3. The molecule has 0 aromatic heterocycles. The van der Waals surface area contributed by atoms with Gasteiger partial charge in [-0.1, -0.05) is 18.2 Å². The highest BCUT2D eigenvalue weighted by atomic mass is 19.1. The van der Waals surface area contributed by atoms with Crippen LogP contribution in [0.1, 0.15) is 12.5 Å². The summed E-state index contributed by atoms with van der Waals surface area (Å²) >= 11 is 0. The van der Waals surface area contributed by atoms with Crippen LogP contribution in [0.4, 0.5) is 4.39 Å². The number of amides is 2. The summed E-state index contributed by atoms with van der Waals surface area (Å²) in [6, 6.07) is 9.02. The summed E-state index contributed by atoms with van der Waals surface area (Å²) in [7, 11) is 4.40. The van der Waals surface area contributed by atoms with Gasteiger partial charge in [-0.25, -0.2) is 4.39 Å². The maximum Gasteiger partial charge on any atom is 0.279 e. The molecule has 156 valence electrons. The predicted molar refractivity (Wildman–Crippen MR) is 103 cm³/mol. The van der Waals surface area contributed by atoms with Gasteiger partial charge in [-0.15, -0.1) is 0 Å². The average Bonchev–Trinajstić information content (AvgIpc) is 2.72. The Morgan fingerprint density at radius 1 is 0.931 bits per heavy atom. The first-order chi connectivity index (χ1) is 13.9. The molecule has 9 heteroatoms. The number of para-hydroxylation sites is 1. The number of hydrogen-bond acceptors (Lipinski definition) is 6. The molecule has 0 bridgehead atoms. The lowest BCUT2D eigenvalue weighted by molar-refractivity contribution is -0.132. The molecule has 0 radical (unpaired) electrons. The van der Waals surface area contributed by atoms with Gasteiger partial charge in [0, 0.05) is 5.56 Å². The van der Waals surface area contributed by atoms with Crippen molar-refractivity contribution in [3.8, 4) is 23.0 Å². The third-order valence-corrected chi connectivity index (χ3v) is 3.97. The number of rotatable bonds is 8. The molecule has 8 nitrogen and oxygen atoms in total. The molecule has 0 unspecified atom stereocenters. The molecule has 2 N–H and O–H groups in total. The number of halogens is 1. The quantitative estimate of drug-likeness (QED) is 0.652.